The first-order valence-electron chi connectivity index (χ1n) is 3.27. The molecule has 3 N–H and O–H groups in total. The summed E-state index contributed by atoms with van der Waals surface area (Å²) in [6, 6.07) is 6.09. The summed E-state index contributed by atoms with van der Waals surface area (Å²) in [6.07, 6.45) is 0. The van der Waals surface area contributed by atoms with E-state index in [1.807, 2.05) is 4.72 Å². The Morgan fingerprint density at radius 1 is 1.14 bits per heavy atom. The van der Waals surface area contributed by atoms with Crippen LogP contribution in [0.3, 0.4) is 0 Å². The minimum absolute atomic E-state index is 0. The van der Waals surface area contributed by atoms with E-state index in [9.17, 15) is 13.2 Å². The number of carbonyl (C=O) groups excluding carboxylic acids is 1. The van der Waals surface area contributed by atoms with Gasteiger partial charge in [0.2, 0.25) is 0 Å². The summed E-state index contributed by atoms with van der Waals surface area (Å²) in [7, 11) is -3.55. The minimum atomic E-state index is -3.55. The predicted molar refractivity (Wildman–Crippen MR) is 51.9 cm³/mol. The van der Waals surface area contributed by atoms with Crippen LogP contribution < -0.4 is 4.72 Å². The molecule has 0 atom stereocenters. The van der Waals surface area contributed by atoms with E-state index in [2.05, 4.69) is 0 Å². The molecule has 72 valence electrons. The summed E-state index contributed by atoms with van der Waals surface area (Å²) in [4.78, 5) is 11.1. The molecular weight excluding hydrogens is 217 g/mol. The molecule has 0 fully saturated rings. The Morgan fingerprint density at radius 3 is 2.29 bits per heavy atom. The van der Waals surface area contributed by atoms with Gasteiger partial charge in [0.15, 0.2) is 0 Å². The number of rotatable bonds is 0. The molecule has 0 aromatic heterocycles. The summed E-state index contributed by atoms with van der Waals surface area (Å²) >= 11 is 0. The van der Waals surface area contributed by atoms with Gasteiger partial charge in [-0.1, -0.05) is 12.1 Å². The van der Waals surface area contributed by atoms with Crippen LogP contribution >= 0.6 is 0 Å². The third-order valence-corrected chi connectivity index (χ3v) is 3.04. The molecule has 1 aromatic carbocycles. The second-order valence-electron chi connectivity index (χ2n) is 2.43. The number of hydrogen-bond acceptors (Lipinski definition) is 3. The van der Waals surface area contributed by atoms with E-state index >= 15 is 0 Å². The van der Waals surface area contributed by atoms with Gasteiger partial charge in [0, 0.05) is 0 Å². The van der Waals surface area contributed by atoms with Crippen LogP contribution in [0.2, 0.25) is 0 Å². The van der Waals surface area contributed by atoms with Crippen molar-refractivity contribution < 1.29 is 18.7 Å². The van der Waals surface area contributed by atoms with Crippen molar-refractivity contribution in [1.29, 1.82) is 0 Å². The van der Waals surface area contributed by atoms with Crippen molar-refractivity contribution >= 4 is 45.5 Å². The van der Waals surface area contributed by atoms with Crippen LogP contribution in [-0.2, 0) is 10.0 Å². The Bertz CT molecular complexity index is 457. The zero-order chi connectivity index (χ0) is 8.77. The van der Waals surface area contributed by atoms with Gasteiger partial charge in [-0.2, -0.15) is 0 Å². The number of amides is 1. The quantitative estimate of drug-likeness (QED) is 0.553. The number of hydrogen-bond donors (Lipinski definition) is 1. The fourth-order valence-corrected chi connectivity index (χ4v) is 2.29. The van der Waals surface area contributed by atoms with Gasteiger partial charge >= 0.3 is 29.6 Å². The van der Waals surface area contributed by atoms with Crippen molar-refractivity contribution in [2.75, 3.05) is 0 Å². The summed E-state index contributed by atoms with van der Waals surface area (Å²) in [5.74, 6) is -0.550. The van der Waals surface area contributed by atoms with Gasteiger partial charge in [-0.15, -0.1) is 0 Å². The van der Waals surface area contributed by atoms with E-state index in [-0.39, 0.29) is 45.5 Å². The monoisotopic (exact) mass is 225 g/mol. The van der Waals surface area contributed by atoms with E-state index in [4.69, 9.17) is 0 Å². The molecule has 0 bridgehead atoms. The van der Waals surface area contributed by atoms with Crippen molar-refractivity contribution in [3.8, 4) is 0 Å². The molecule has 0 unspecified atom stereocenters. The molecule has 1 aliphatic rings. The molecule has 0 aliphatic carbocycles. The predicted octanol–water partition coefficient (Wildman–Crippen LogP) is -1.35. The topological polar surface area (TPSA) is 94.7 Å². The summed E-state index contributed by atoms with van der Waals surface area (Å²) in [5, 5.41) is 0. The molecule has 0 saturated heterocycles. The van der Waals surface area contributed by atoms with Gasteiger partial charge < -0.3 is 5.48 Å². The van der Waals surface area contributed by atoms with Crippen molar-refractivity contribution in [3.63, 3.8) is 0 Å². The second-order valence-corrected chi connectivity index (χ2v) is 4.08. The Labute approximate surface area is 103 Å². The van der Waals surface area contributed by atoms with Gasteiger partial charge in [0.1, 0.15) is 4.90 Å². The number of carbonyl (C=O) groups is 1. The van der Waals surface area contributed by atoms with Crippen LogP contribution in [0, 0.1) is 0 Å². The average molecular weight is 225 g/mol. The third kappa shape index (κ3) is 1.99. The zero-order valence-corrected chi connectivity index (χ0v) is 7.26. The van der Waals surface area contributed by atoms with Crippen molar-refractivity contribution in [1.82, 2.24) is 4.72 Å². The number of fused-ring (bicyclic) bond motifs is 1. The molecule has 14 heavy (non-hydrogen) atoms. The van der Waals surface area contributed by atoms with Crippen molar-refractivity contribution in [2.24, 2.45) is 0 Å². The van der Waals surface area contributed by atoms with Gasteiger partial charge in [-0.25, -0.2) is 13.1 Å². The fraction of sp³-hybridized carbons (Fsp3) is 0. The van der Waals surface area contributed by atoms with Gasteiger partial charge in [-0.3, -0.25) is 4.79 Å². The van der Waals surface area contributed by atoms with E-state index in [1.54, 1.807) is 12.1 Å². The molecule has 7 heteroatoms. The molecule has 2 rings (SSSR count). The standard InChI is InChI=1S/C7H5NO3S.Na.H2O.H/c9-7-5-3-1-2-4-6(5)12(10,11)8-7;;;/h1-4H,(H,8,9);;1H2;. The molecule has 0 radical (unpaired) electrons. The number of nitrogens with one attached hydrogen (secondary N) is 1. The molecule has 1 aromatic rings. The second kappa shape index (κ2) is 4.41. The molecular formula is C7H8NNaO4S. The van der Waals surface area contributed by atoms with Gasteiger partial charge in [0.05, 0.1) is 5.56 Å². The van der Waals surface area contributed by atoms with Crippen LogP contribution in [0.15, 0.2) is 29.2 Å². The first-order valence-corrected chi connectivity index (χ1v) is 4.76. The van der Waals surface area contributed by atoms with Crippen LogP contribution in [-0.4, -0.2) is 49.4 Å². The normalized spacial score (nSPS) is 15.9. The van der Waals surface area contributed by atoms with E-state index in [1.165, 1.54) is 12.1 Å². The molecule has 5 nitrogen and oxygen atoms in total. The van der Waals surface area contributed by atoms with Crippen LogP contribution in [0.25, 0.3) is 0 Å². The van der Waals surface area contributed by atoms with Crippen LogP contribution in [0.5, 0.6) is 0 Å². The molecule has 0 spiro atoms. The Kier molecular flexibility index (Phi) is 4.29. The third-order valence-electron chi connectivity index (χ3n) is 1.65. The van der Waals surface area contributed by atoms with Crippen molar-refractivity contribution in [3.05, 3.63) is 29.8 Å². The van der Waals surface area contributed by atoms with E-state index in [0.717, 1.165) is 0 Å². The maximum atomic E-state index is 11.1. The van der Waals surface area contributed by atoms with E-state index in [0.29, 0.717) is 0 Å². The SMILES string of the molecule is O.O=C1NS(=O)(=O)c2ccccc21.[NaH]. The van der Waals surface area contributed by atoms with Crippen LogP contribution in [0.1, 0.15) is 10.4 Å². The van der Waals surface area contributed by atoms with E-state index < -0.39 is 15.9 Å². The Hall–Kier alpha value is -0.400. The Morgan fingerprint density at radius 2 is 1.71 bits per heavy atom. The molecule has 1 amide bonds. The number of sulfonamides is 1. The fourth-order valence-electron chi connectivity index (χ4n) is 1.12. The molecule has 0 saturated carbocycles. The Balaban J connectivity index is 0.000000845. The maximum absolute atomic E-state index is 11.1. The first kappa shape index (κ1) is 13.6. The summed E-state index contributed by atoms with van der Waals surface area (Å²) in [5.41, 5.74) is 0.220. The zero-order valence-electron chi connectivity index (χ0n) is 6.44. The average Bonchev–Trinajstić information content (AvgIpc) is 2.25. The van der Waals surface area contributed by atoms with Crippen LogP contribution in [0.4, 0.5) is 0 Å². The summed E-state index contributed by atoms with van der Waals surface area (Å²) in [6.45, 7) is 0. The first-order chi connectivity index (χ1) is 5.61. The number of benzene rings is 1. The van der Waals surface area contributed by atoms with Gasteiger partial charge in [-0.05, 0) is 12.1 Å². The molecule has 1 heterocycles. The molecule has 1 aliphatic heterocycles. The van der Waals surface area contributed by atoms with Gasteiger partial charge in [0.25, 0.3) is 15.9 Å². The summed E-state index contributed by atoms with van der Waals surface area (Å²) < 4.78 is 24.2. The van der Waals surface area contributed by atoms with Crippen molar-refractivity contribution in [2.45, 2.75) is 4.90 Å².